The number of sulfonamides is 1. The smallest absolute Gasteiger partial charge is 0.244 e. The molecule has 0 unspecified atom stereocenters. The third-order valence-electron chi connectivity index (χ3n) is 3.92. The van der Waals surface area contributed by atoms with Gasteiger partial charge in [0, 0.05) is 25.2 Å². The summed E-state index contributed by atoms with van der Waals surface area (Å²) in [5, 5.41) is 3.34. The number of rotatable bonds is 5. The Morgan fingerprint density at radius 1 is 1.18 bits per heavy atom. The van der Waals surface area contributed by atoms with Crippen molar-refractivity contribution in [2.24, 2.45) is 0 Å². The van der Waals surface area contributed by atoms with E-state index in [0.29, 0.717) is 11.5 Å². The zero-order valence-corrected chi connectivity index (χ0v) is 14.5. The molecule has 0 spiro atoms. The highest BCUT2D eigenvalue weighted by Gasteiger charge is 2.31. The Labute approximate surface area is 136 Å². The van der Waals surface area contributed by atoms with Crippen molar-refractivity contribution in [2.45, 2.75) is 23.8 Å². The van der Waals surface area contributed by atoms with Crippen molar-refractivity contribution in [3.05, 3.63) is 17.2 Å². The van der Waals surface area contributed by atoms with Crippen LogP contribution in [0, 0.1) is 0 Å². The quantitative estimate of drug-likeness (QED) is 0.877. The number of hydrogen-bond donors (Lipinski definition) is 1. The molecule has 8 heteroatoms. The number of nitrogens with zero attached hydrogens (tertiary/aromatic N) is 1. The van der Waals surface area contributed by atoms with Gasteiger partial charge in [0.2, 0.25) is 10.0 Å². The standard InChI is InChI=1S/C14H21ClN2O4S/c1-17(10-4-6-16-7-5-10)22(18,19)14-9-13(21-3)12(20-2)8-11(14)15/h8-10,16H,4-7H2,1-3H3. The van der Waals surface area contributed by atoms with Gasteiger partial charge in [-0.25, -0.2) is 8.42 Å². The van der Waals surface area contributed by atoms with E-state index in [4.69, 9.17) is 21.1 Å². The summed E-state index contributed by atoms with van der Waals surface area (Å²) >= 11 is 6.15. The first-order valence-electron chi connectivity index (χ1n) is 7.02. The predicted molar refractivity (Wildman–Crippen MR) is 85.4 cm³/mol. The largest absolute Gasteiger partial charge is 0.493 e. The normalized spacial score (nSPS) is 16.8. The SMILES string of the molecule is COc1cc(Cl)c(S(=O)(=O)N(C)C2CCNCC2)cc1OC. The highest BCUT2D eigenvalue weighted by atomic mass is 35.5. The van der Waals surface area contributed by atoms with Gasteiger partial charge in [0.1, 0.15) is 4.90 Å². The van der Waals surface area contributed by atoms with Crippen molar-refractivity contribution in [3.63, 3.8) is 0 Å². The molecule has 1 aliphatic heterocycles. The van der Waals surface area contributed by atoms with Crippen molar-refractivity contribution in [3.8, 4) is 11.5 Å². The van der Waals surface area contributed by atoms with E-state index < -0.39 is 10.0 Å². The summed E-state index contributed by atoms with van der Waals surface area (Å²) in [4.78, 5) is 0.0350. The van der Waals surface area contributed by atoms with E-state index in [2.05, 4.69) is 5.32 Å². The Morgan fingerprint density at radius 3 is 2.27 bits per heavy atom. The molecule has 1 aliphatic rings. The molecule has 124 valence electrons. The first-order valence-corrected chi connectivity index (χ1v) is 8.84. The fraction of sp³-hybridized carbons (Fsp3) is 0.571. The van der Waals surface area contributed by atoms with E-state index in [0.717, 1.165) is 25.9 Å². The Morgan fingerprint density at radius 2 is 1.73 bits per heavy atom. The number of halogens is 1. The van der Waals surface area contributed by atoms with Crippen LogP contribution >= 0.6 is 11.6 Å². The molecule has 0 aromatic heterocycles. The number of hydrogen-bond acceptors (Lipinski definition) is 5. The maximum atomic E-state index is 12.8. The molecule has 1 saturated heterocycles. The monoisotopic (exact) mass is 348 g/mol. The third kappa shape index (κ3) is 3.32. The lowest BCUT2D eigenvalue weighted by atomic mass is 10.1. The molecule has 2 rings (SSSR count). The van der Waals surface area contributed by atoms with Crippen LogP contribution in [-0.2, 0) is 10.0 Å². The first kappa shape index (κ1) is 17.3. The van der Waals surface area contributed by atoms with E-state index in [1.807, 2.05) is 0 Å². The lowest BCUT2D eigenvalue weighted by molar-refractivity contribution is 0.296. The van der Waals surface area contributed by atoms with Gasteiger partial charge in [-0.05, 0) is 25.9 Å². The molecule has 0 aliphatic carbocycles. The molecule has 1 fully saturated rings. The second-order valence-electron chi connectivity index (χ2n) is 5.14. The summed E-state index contributed by atoms with van der Waals surface area (Å²) < 4.78 is 37.4. The molecule has 22 heavy (non-hydrogen) atoms. The Kier molecular flexibility index (Phi) is 5.55. The number of methoxy groups -OCH3 is 2. The maximum Gasteiger partial charge on any atom is 0.244 e. The summed E-state index contributed by atoms with van der Waals surface area (Å²) in [6, 6.07) is 2.84. The molecule has 0 radical (unpaired) electrons. The van der Waals surface area contributed by atoms with Crippen molar-refractivity contribution in [1.82, 2.24) is 9.62 Å². The van der Waals surface area contributed by atoms with E-state index in [1.165, 1.54) is 30.7 Å². The van der Waals surface area contributed by atoms with Crippen LogP contribution in [0.1, 0.15) is 12.8 Å². The Hall–Kier alpha value is -1.02. The lowest BCUT2D eigenvalue weighted by Gasteiger charge is -2.31. The molecule has 0 atom stereocenters. The van der Waals surface area contributed by atoms with Crippen LogP contribution in [0.3, 0.4) is 0 Å². The van der Waals surface area contributed by atoms with Crippen LogP contribution in [-0.4, -0.2) is 53.1 Å². The van der Waals surface area contributed by atoms with Crippen LogP contribution in [0.5, 0.6) is 11.5 Å². The van der Waals surface area contributed by atoms with Crippen LogP contribution in [0.4, 0.5) is 0 Å². The maximum absolute atomic E-state index is 12.8. The van der Waals surface area contributed by atoms with Crippen molar-refractivity contribution < 1.29 is 17.9 Å². The molecule has 0 saturated carbocycles. The van der Waals surface area contributed by atoms with Gasteiger partial charge in [-0.2, -0.15) is 4.31 Å². The summed E-state index contributed by atoms with van der Waals surface area (Å²) in [6.07, 6.45) is 1.56. The molecular weight excluding hydrogens is 328 g/mol. The fourth-order valence-electron chi connectivity index (χ4n) is 2.55. The summed E-state index contributed by atoms with van der Waals surface area (Å²) in [5.41, 5.74) is 0. The average Bonchev–Trinajstić information content (AvgIpc) is 2.54. The molecule has 1 heterocycles. The minimum absolute atomic E-state index is 0.0320. The molecule has 1 aromatic rings. The lowest BCUT2D eigenvalue weighted by Crippen LogP contribution is -2.43. The molecule has 1 aromatic carbocycles. The first-order chi connectivity index (χ1) is 10.4. The van der Waals surface area contributed by atoms with Gasteiger partial charge < -0.3 is 14.8 Å². The van der Waals surface area contributed by atoms with Crippen LogP contribution in [0.15, 0.2) is 17.0 Å². The van der Waals surface area contributed by atoms with Crippen molar-refractivity contribution in [2.75, 3.05) is 34.4 Å². The van der Waals surface area contributed by atoms with Crippen molar-refractivity contribution >= 4 is 21.6 Å². The molecule has 0 bridgehead atoms. The van der Waals surface area contributed by atoms with E-state index in [9.17, 15) is 8.42 Å². The zero-order chi connectivity index (χ0) is 16.3. The second kappa shape index (κ2) is 7.04. The van der Waals surface area contributed by atoms with Gasteiger partial charge >= 0.3 is 0 Å². The van der Waals surface area contributed by atoms with E-state index in [-0.39, 0.29) is 16.0 Å². The van der Waals surface area contributed by atoms with Gasteiger partial charge in [0.15, 0.2) is 11.5 Å². The van der Waals surface area contributed by atoms with Gasteiger partial charge in [0.05, 0.1) is 19.2 Å². The number of nitrogens with one attached hydrogen (secondary N) is 1. The topological polar surface area (TPSA) is 67.9 Å². The van der Waals surface area contributed by atoms with Crippen LogP contribution in [0.25, 0.3) is 0 Å². The Balaban J connectivity index is 2.40. The predicted octanol–water partition coefficient (Wildman–Crippen LogP) is 1.73. The van der Waals surface area contributed by atoms with Crippen LogP contribution in [0.2, 0.25) is 5.02 Å². The highest BCUT2D eigenvalue weighted by molar-refractivity contribution is 7.89. The third-order valence-corrected chi connectivity index (χ3v) is 6.29. The molecule has 1 N–H and O–H groups in total. The number of benzene rings is 1. The Bertz CT molecular complexity index is 630. The minimum Gasteiger partial charge on any atom is -0.493 e. The number of ether oxygens (including phenoxy) is 2. The average molecular weight is 349 g/mol. The summed E-state index contributed by atoms with van der Waals surface area (Å²) in [6.45, 7) is 1.62. The number of piperidine rings is 1. The summed E-state index contributed by atoms with van der Waals surface area (Å²) in [7, 11) is 0.840. The molecular formula is C14H21ClN2O4S. The second-order valence-corrected chi connectivity index (χ2v) is 7.51. The van der Waals surface area contributed by atoms with Crippen LogP contribution < -0.4 is 14.8 Å². The highest BCUT2D eigenvalue weighted by Crippen LogP contribution is 2.36. The van der Waals surface area contributed by atoms with Gasteiger partial charge in [-0.15, -0.1) is 0 Å². The van der Waals surface area contributed by atoms with E-state index >= 15 is 0 Å². The van der Waals surface area contributed by atoms with E-state index in [1.54, 1.807) is 7.05 Å². The summed E-state index contributed by atoms with van der Waals surface area (Å²) in [5.74, 6) is 0.736. The van der Waals surface area contributed by atoms with Gasteiger partial charge in [-0.1, -0.05) is 11.6 Å². The minimum atomic E-state index is -3.69. The fourth-order valence-corrected chi connectivity index (χ4v) is 4.48. The molecule has 0 amide bonds. The van der Waals surface area contributed by atoms with Crippen molar-refractivity contribution in [1.29, 1.82) is 0 Å². The zero-order valence-electron chi connectivity index (χ0n) is 12.9. The molecule has 6 nitrogen and oxygen atoms in total. The van der Waals surface area contributed by atoms with Gasteiger partial charge in [0.25, 0.3) is 0 Å². The van der Waals surface area contributed by atoms with Gasteiger partial charge in [-0.3, -0.25) is 0 Å².